The summed E-state index contributed by atoms with van der Waals surface area (Å²) in [7, 11) is 0. The molecule has 1 heterocycles. The zero-order valence-corrected chi connectivity index (χ0v) is 11.0. The van der Waals surface area contributed by atoms with Crippen LogP contribution in [0.25, 0.3) is 0 Å². The number of alkyl halides is 1. The minimum absolute atomic E-state index is 0.356. The molecule has 2 nitrogen and oxygen atoms in total. The van der Waals surface area contributed by atoms with Crippen LogP contribution < -0.4 is 0 Å². The van der Waals surface area contributed by atoms with Crippen LogP contribution in [0.1, 0.15) is 56.9 Å². The summed E-state index contributed by atoms with van der Waals surface area (Å²) in [6.45, 7) is 4.69. The molecule has 0 saturated heterocycles. The summed E-state index contributed by atoms with van der Waals surface area (Å²) >= 11 is 3.47. The van der Waals surface area contributed by atoms with E-state index in [4.69, 9.17) is 4.42 Å². The van der Waals surface area contributed by atoms with Gasteiger partial charge in [0.1, 0.15) is 5.76 Å². The van der Waals surface area contributed by atoms with Crippen LogP contribution in [0.3, 0.4) is 0 Å². The fourth-order valence-electron chi connectivity index (χ4n) is 2.64. The molecule has 1 aliphatic rings. The van der Waals surface area contributed by atoms with Crippen LogP contribution in [-0.4, -0.2) is 4.98 Å². The Hall–Kier alpha value is -0.310. The maximum Gasteiger partial charge on any atom is 0.181 e. The Balaban J connectivity index is 2.28. The number of hydrogen-bond donors (Lipinski definition) is 0. The molecule has 3 heteroatoms. The molecular formula is C12H18BrNO. The summed E-state index contributed by atoms with van der Waals surface area (Å²) < 4.78 is 5.59. The Morgan fingerprint density at radius 3 is 3.00 bits per heavy atom. The fourth-order valence-corrected chi connectivity index (χ4v) is 3.06. The molecular weight excluding hydrogens is 254 g/mol. The maximum atomic E-state index is 5.59. The van der Waals surface area contributed by atoms with E-state index in [1.54, 1.807) is 6.39 Å². The Bertz CT molecular complexity index is 332. The van der Waals surface area contributed by atoms with Gasteiger partial charge in [-0.25, -0.2) is 4.98 Å². The third-order valence-electron chi connectivity index (χ3n) is 3.62. The molecule has 1 aromatic rings. The molecule has 1 atom stereocenters. The number of oxazole rings is 1. The van der Waals surface area contributed by atoms with Gasteiger partial charge in [-0.15, -0.1) is 0 Å². The standard InChI is InChI=1S/C12H18BrNO/c1-12(2)6-4-3-5-9(12)11-10(7-13)14-8-15-11/h8-9H,3-7H2,1-2H3. The van der Waals surface area contributed by atoms with Crippen molar-refractivity contribution in [1.29, 1.82) is 0 Å². The van der Waals surface area contributed by atoms with E-state index in [1.807, 2.05) is 0 Å². The van der Waals surface area contributed by atoms with Gasteiger partial charge in [-0.2, -0.15) is 0 Å². The molecule has 0 radical (unpaired) electrons. The van der Waals surface area contributed by atoms with E-state index in [9.17, 15) is 0 Å². The predicted octanol–water partition coefficient (Wildman–Crippen LogP) is 4.25. The summed E-state index contributed by atoms with van der Waals surface area (Å²) in [6, 6.07) is 0. The van der Waals surface area contributed by atoms with Crippen molar-refractivity contribution in [2.24, 2.45) is 5.41 Å². The molecule has 1 fully saturated rings. The van der Waals surface area contributed by atoms with Gasteiger partial charge in [0, 0.05) is 11.2 Å². The molecule has 0 amide bonds. The van der Waals surface area contributed by atoms with Crippen molar-refractivity contribution in [2.45, 2.75) is 50.8 Å². The summed E-state index contributed by atoms with van der Waals surface area (Å²) in [5.74, 6) is 1.65. The Morgan fingerprint density at radius 1 is 1.53 bits per heavy atom. The predicted molar refractivity (Wildman–Crippen MR) is 64.1 cm³/mol. The summed E-state index contributed by atoms with van der Waals surface area (Å²) in [5, 5.41) is 0.797. The van der Waals surface area contributed by atoms with Crippen LogP contribution in [0.15, 0.2) is 10.8 Å². The lowest BCUT2D eigenvalue weighted by Gasteiger charge is -2.37. The molecule has 1 saturated carbocycles. The van der Waals surface area contributed by atoms with Gasteiger partial charge in [0.2, 0.25) is 0 Å². The second-order valence-electron chi connectivity index (χ2n) is 5.08. The second-order valence-corrected chi connectivity index (χ2v) is 5.64. The van der Waals surface area contributed by atoms with Crippen LogP contribution in [0.5, 0.6) is 0 Å². The molecule has 0 aromatic carbocycles. The van der Waals surface area contributed by atoms with Gasteiger partial charge < -0.3 is 4.42 Å². The summed E-state index contributed by atoms with van der Waals surface area (Å²) in [6.07, 6.45) is 6.77. The molecule has 84 valence electrons. The van der Waals surface area contributed by atoms with Crippen molar-refractivity contribution in [3.63, 3.8) is 0 Å². The first-order valence-corrected chi connectivity index (χ1v) is 6.75. The van der Waals surface area contributed by atoms with E-state index in [2.05, 4.69) is 34.8 Å². The van der Waals surface area contributed by atoms with Crippen LogP contribution in [-0.2, 0) is 5.33 Å². The zero-order valence-electron chi connectivity index (χ0n) is 9.42. The van der Waals surface area contributed by atoms with E-state index < -0.39 is 0 Å². The first-order chi connectivity index (χ1) is 7.15. The largest absolute Gasteiger partial charge is 0.448 e. The van der Waals surface area contributed by atoms with Gasteiger partial charge in [-0.3, -0.25) is 0 Å². The lowest BCUT2D eigenvalue weighted by molar-refractivity contribution is 0.177. The highest BCUT2D eigenvalue weighted by atomic mass is 79.9. The Kier molecular flexibility index (Phi) is 3.19. The minimum atomic E-state index is 0.356. The van der Waals surface area contributed by atoms with E-state index in [0.717, 1.165) is 16.8 Å². The SMILES string of the molecule is CC1(C)CCCCC1c1ocnc1CBr. The molecule has 1 aromatic heterocycles. The molecule has 15 heavy (non-hydrogen) atoms. The lowest BCUT2D eigenvalue weighted by Crippen LogP contribution is -2.26. The number of nitrogens with zero attached hydrogens (tertiary/aromatic N) is 1. The number of aromatic nitrogens is 1. The van der Waals surface area contributed by atoms with E-state index in [0.29, 0.717) is 11.3 Å². The zero-order chi connectivity index (χ0) is 10.9. The molecule has 0 spiro atoms. The molecule has 1 unspecified atom stereocenters. The van der Waals surface area contributed by atoms with Gasteiger partial charge in [-0.1, -0.05) is 42.6 Å². The lowest BCUT2D eigenvalue weighted by atomic mass is 9.67. The van der Waals surface area contributed by atoms with Crippen molar-refractivity contribution >= 4 is 15.9 Å². The highest BCUT2D eigenvalue weighted by molar-refractivity contribution is 9.08. The van der Waals surface area contributed by atoms with Crippen molar-refractivity contribution in [3.8, 4) is 0 Å². The summed E-state index contributed by atoms with van der Waals surface area (Å²) in [5.41, 5.74) is 1.43. The van der Waals surface area contributed by atoms with Crippen LogP contribution >= 0.6 is 15.9 Å². The topological polar surface area (TPSA) is 26.0 Å². The third kappa shape index (κ3) is 2.12. The first kappa shape index (κ1) is 11.2. The van der Waals surface area contributed by atoms with E-state index >= 15 is 0 Å². The molecule has 1 aliphatic carbocycles. The van der Waals surface area contributed by atoms with Crippen LogP contribution in [0.2, 0.25) is 0 Å². The highest BCUT2D eigenvalue weighted by Crippen LogP contribution is 2.47. The number of halogens is 1. The third-order valence-corrected chi connectivity index (χ3v) is 4.15. The number of hydrogen-bond acceptors (Lipinski definition) is 2. The van der Waals surface area contributed by atoms with Gasteiger partial charge in [0.15, 0.2) is 6.39 Å². The van der Waals surface area contributed by atoms with Crippen LogP contribution in [0, 0.1) is 5.41 Å². The average Bonchev–Trinajstić information content (AvgIpc) is 2.64. The van der Waals surface area contributed by atoms with Crippen molar-refractivity contribution in [1.82, 2.24) is 4.98 Å². The molecule has 2 rings (SSSR count). The number of rotatable bonds is 2. The maximum absolute atomic E-state index is 5.59. The first-order valence-electron chi connectivity index (χ1n) is 5.63. The average molecular weight is 272 g/mol. The van der Waals surface area contributed by atoms with Gasteiger partial charge >= 0.3 is 0 Å². The Labute approximate surface area is 99.6 Å². The van der Waals surface area contributed by atoms with Crippen molar-refractivity contribution in [2.75, 3.05) is 0 Å². The van der Waals surface area contributed by atoms with Crippen molar-refractivity contribution in [3.05, 3.63) is 17.8 Å². The summed E-state index contributed by atoms with van der Waals surface area (Å²) in [4.78, 5) is 4.26. The second kappa shape index (κ2) is 4.28. The van der Waals surface area contributed by atoms with E-state index in [1.165, 1.54) is 25.7 Å². The highest BCUT2D eigenvalue weighted by Gasteiger charge is 2.36. The molecule has 0 aliphatic heterocycles. The van der Waals surface area contributed by atoms with Crippen molar-refractivity contribution < 1.29 is 4.42 Å². The van der Waals surface area contributed by atoms with Gasteiger partial charge in [0.05, 0.1) is 5.69 Å². The fraction of sp³-hybridized carbons (Fsp3) is 0.750. The monoisotopic (exact) mass is 271 g/mol. The molecule has 0 bridgehead atoms. The van der Waals surface area contributed by atoms with Gasteiger partial charge in [-0.05, 0) is 18.3 Å². The smallest absolute Gasteiger partial charge is 0.181 e. The quantitative estimate of drug-likeness (QED) is 0.752. The molecule has 0 N–H and O–H groups in total. The van der Waals surface area contributed by atoms with Crippen LogP contribution in [0.4, 0.5) is 0 Å². The van der Waals surface area contributed by atoms with Gasteiger partial charge in [0.25, 0.3) is 0 Å². The Morgan fingerprint density at radius 2 is 2.33 bits per heavy atom. The minimum Gasteiger partial charge on any atom is -0.448 e. The normalized spacial score (nSPS) is 25.4. The van der Waals surface area contributed by atoms with E-state index in [-0.39, 0.29) is 0 Å².